The molecule has 2 saturated carbocycles. The predicted molar refractivity (Wildman–Crippen MR) is 255 cm³/mol. The third-order valence-electron chi connectivity index (χ3n) is 15.0. The molecule has 0 aliphatic heterocycles. The highest BCUT2D eigenvalue weighted by atomic mass is 32.2. The van der Waals surface area contributed by atoms with Crippen LogP contribution in [0.4, 0.5) is 0 Å². The second kappa shape index (κ2) is 15.4. The summed E-state index contributed by atoms with van der Waals surface area (Å²) in [5.74, 6) is 0.969. The van der Waals surface area contributed by atoms with Crippen molar-refractivity contribution in [3.63, 3.8) is 0 Å². The Morgan fingerprint density at radius 1 is 0.571 bits per heavy atom. The molecule has 0 saturated heterocycles. The Bertz CT molecular complexity index is 2600. The largest absolute Gasteiger partial charge is 0.507 e. The molecule has 10 bridgehead atoms. The highest BCUT2D eigenvalue weighted by Gasteiger charge is 2.65. The number of benzene rings is 4. The van der Waals surface area contributed by atoms with E-state index >= 15 is 0 Å². The summed E-state index contributed by atoms with van der Waals surface area (Å²) in [5.41, 5.74) is 7.38. The standard InChI is InChI=1S/C55H72O7S/c1-50(2,3)41-22-32-18-33-23-42(51(4,5)6)25-35(47(33)58)20-38-28-44(53(10,11)12)29-39(49(38)62-63(59,60)31-55-17-16-40(30-45(55)56)54(55,13)14)21-37-27-43(52(7,8)9)26-36(48(37)61-15)19-34(24-41)46(32)57/h22-29,40,57-58H,16-21,30-31H2,1-15H3/t40?,55-/m0/s1. The maximum atomic E-state index is 14.8. The van der Waals surface area contributed by atoms with Gasteiger partial charge in [0, 0.05) is 43.2 Å². The van der Waals surface area contributed by atoms with E-state index in [-0.39, 0.29) is 75.6 Å². The van der Waals surface area contributed by atoms with Crippen LogP contribution in [0.2, 0.25) is 0 Å². The summed E-state index contributed by atoms with van der Waals surface area (Å²) in [5, 5.41) is 24.7. The topological polar surface area (TPSA) is 110 Å². The minimum absolute atomic E-state index is 0.0131. The van der Waals surface area contributed by atoms with Gasteiger partial charge in [-0.1, -0.05) is 145 Å². The molecule has 7 nitrogen and oxygen atoms in total. The van der Waals surface area contributed by atoms with Gasteiger partial charge in [0.1, 0.15) is 28.8 Å². The summed E-state index contributed by atoms with van der Waals surface area (Å²) in [6.07, 6.45) is 2.84. The van der Waals surface area contributed by atoms with Gasteiger partial charge in [-0.25, -0.2) is 0 Å². The van der Waals surface area contributed by atoms with Crippen LogP contribution in [-0.2, 0) is 62.3 Å². The SMILES string of the molecule is COc1c2cc(C(C)(C)C)cc1Cc1cc(C(C)(C)C)cc(c1OS(=O)(=O)C[C@@]13CCC(CC1=O)C3(C)C)Cc1cc(C(C)(C)C)cc(c1O)Cc1cc(C(C)(C)C)cc(c1O)C2. The zero-order valence-corrected chi connectivity index (χ0v) is 41.5. The lowest BCUT2D eigenvalue weighted by molar-refractivity contribution is -0.128. The van der Waals surface area contributed by atoms with Gasteiger partial charge in [0.25, 0.3) is 0 Å². The molecular weight excluding hydrogens is 805 g/mol. The average molecular weight is 877 g/mol. The highest BCUT2D eigenvalue weighted by molar-refractivity contribution is 7.87. The van der Waals surface area contributed by atoms with E-state index in [1.807, 2.05) is 32.0 Å². The zero-order valence-electron chi connectivity index (χ0n) is 40.7. The molecule has 0 radical (unpaired) electrons. The molecule has 0 spiro atoms. The van der Waals surface area contributed by atoms with Crippen molar-refractivity contribution >= 4 is 15.9 Å². The maximum Gasteiger partial charge on any atom is 0.310 e. The summed E-state index contributed by atoms with van der Waals surface area (Å²) >= 11 is 0. The first-order valence-corrected chi connectivity index (χ1v) is 24.4. The number of aromatic hydroxyl groups is 2. The molecule has 4 aromatic rings. The molecule has 4 aromatic carbocycles. The smallest absolute Gasteiger partial charge is 0.310 e. The molecule has 0 aromatic heterocycles. The molecule has 2 N–H and O–H groups in total. The van der Waals surface area contributed by atoms with Crippen LogP contribution in [0.25, 0.3) is 0 Å². The number of carbonyl (C=O) groups excluding carboxylic acids is 1. The number of hydrogen-bond donors (Lipinski definition) is 2. The van der Waals surface area contributed by atoms with Gasteiger partial charge in [0.15, 0.2) is 0 Å². The molecule has 8 heteroatoms. The third kappa shape index (κ3) is 8.67. The van der Waals surface area contributed by atoms with E-state index in [1.165, 1.54) is 0 Å². The lowest BCUT2D eigenvalue weighted by atomic mass is 9.70. The van der Waals surface area contributed by atoms with Gasteiger partial charge in [-0.15, -0.1) is 0 Å². The van der Waals surface area contributed by atoms with Gasteiger partial charge in [-0.2, -0.15) is 8.42 Å². The van der Waals surface area contributed by atoms with Crippen LogP contribution in [0, 0.1) is 16.7 Å². The maximum absolute atomic E-state index is 14.8. The summed E-state index contributed by atoms with van der Waals surface area (Å²) in [4.78, 5) is 13.7. The van der Waals surface area contributed by atoms with Crippen molar-refractivity contribution in [1.82, 2.24) is 0 Å². The second-order valence-corrected chi connectivity index (χ2v) is 25.5. The lowest BCUT2D eigenvalue weighted by Crippen LogP contribution is -2.43. The van der Waals surface area contributed by atoms with Gasteiger partial charge >= 0.3 is 10.1 Å². The predicted octanol–water partition coefficient (Wildman–Crippen LogP) is 12.1. The minimum atomic E-state index is -4.35. The lowest BCUT2D eigenvalue weighted by Gasteiger charge is -2.36. The number of rotatable bonds is 5. The molecule has 0 heterocycles. The fourth-order valence-corrected chi connectivity index (χ4v) is 12.4. The van der Waals surface area contributed by atoms with E-state index in [0.717, 1.165) is 45.4 Å². The number of fused-ring (bicyclic) bond motifs is 10. The van der Waals surface area contributed by atoms with Crippen LogP contribution in [0.3, 0.4) is 0 Å². The van der Waals surface area contributed by atoms with E-state index in [4.69, 9.17) is 8.92 Å². The number of methoxy groups -OCH3 is 1. The second-order valence-electron chi connectivity index (χ2n) is 23.9. The van der Waals surface area contributed by atoms with Crippen molar-refractivity contribution in [2.45, 2.75) is 164 Å². The number of Topliss-reactive ketones (excluding diaryl/α,β-unsaturated/α-hetero) is 1. The zero-order chi connectivity index (χ0) is 46.6. The molecule has 63 heavy (non-hydrogen) atoms. The molecule has 3 aliphatic carbocycles. The van der Waals surface area contributed by atoms with Gasteiger partial charge < -0.3 is 19.1 Å². The molecule has 2 fully saturated rings. The van der Waals surface area contributed by atoms with Gasteiger partial charge in [0.2, 0.25) is 0 Å². The van der Waals surface area contributed by atoms with Crippen molar-refractivity contribution in [2.75, 3.05) is 12.9 Å². The van der Waals surface area contributed by atoms with E-state index in [1.54, 1.807) is 7.11 Å². The Hall–Kier alpha value is -4.30. The first-order chi connectivity index (χ1) is 28.8. The Labute approximate surface area is 378 Å². The molecule has 1 unspecified atom stereocenters. The first kappa shape index (κ1) is 46.7. The fourth-order valence-electron chi connectivity index (χ4n) is 10.6. The van der Waals surface area contributed by atoms with E-state index in [2.05, 4.69) is 113 Å². The summed E-state index contributed by atoms with van der Waals surface area (Å²) in [6, 6.07) is 16.7. The summed E-state index contributed by atoms with van der Waals surface area (Å²) in [7, 11) is -2.68. The molecule has 0 amide bonds. The Morgan fingerprint density at radius 3 is 1.19 bits per heavy atom. The van der Waals surface area contributed by atoms with Crippen LogP contribution in [0.15, 0.2) is 48.5 Å². The summed E-state index contributed by atoms with van der Waals surface area (Å²) < 4.78 is 42.5. The van der Waals surface area contributed by atoms with Crippen LogP contribution in [0.1, 0.15) is 183 Å². The Balaban J connectivity index is 1.55. The molecular formula is C55H72O7S. The fraction of sp³-hybridized carbons (Fsp3) is 0.545. The van der Waals surface area contributed by atoms with E-state index in [9.17, 15) is 23.4 Å². The molecule has 2 atom stereocenters. The summed E-state index contributed by atoms with van der Waals surface area (Å²) in [6.45, 7) is 30.0. The van der Waals surface area contributed by atoms with Crippen LogP contribution >= 0.6 is 0 Å². The average Bonchev–Trinajstić information content (AvgIpc) is 3.48. The number of ketones is 1. The normalized spacial score (nSPS) is 20.2. The van der Waals surface area contributed by atoms with Crippen LogP contribution in [-0.4, -0.2) is 37.3 Å². The minimum Gasteiger partial charge on any atom is -0.507 e. The monoisotopic (exact) mass is 876 g/mol. The quantitative estimate of drug-likeness (QED) is 0.169. The van der Waals surface area contributed by atoms with Gasteiger partial charge in [-0.05, 0) is 101 Å². The number of hydrogen-bond acceptors (Lipinski definition) is 7. The molecule has 3 aliphatic rings. The molecule has 7 rings (SSSR count). The van der Waals surface area contributed by atoms with Crippen molar-refractivity contribution in [1.29, 1.82) is 0 Å². The highest BCUT2D eigenvalue weighted by Crippen LogP contribution is 2.64. The number of ether oxygens (including phenoxy) is 1. The number of phenols is 2. The number of phenolic OH excluding ortho intramolecular Hbond substituents is 2. The van der Waals surface area contributed by atoms with Gasteiger partial charge in [-0.3, -0.25) is 4.79 Å². The van der Waals surface area contributed by atoms with E-state index < -0.39 is 20.9 Å². The van der Waals surface area contributed by atoms with Crippen molar-refractivity contribution in [3.8, 4) is 23.0 Å². The first-order valence-electron chi connectivity index (χ1n) is 22.9. The van der Waals surface area contributed by atoms with Crippen molar-refractivity contribution < 1.29 is 32.3 Å². The third-order valence-corrected chi connectivity index (χ3v) is 16.3. The van der Waals surface area contributed by atoms with E-state index in [0.29, 0.717) is 52.8 Å². The van der Waals surface area contributed by atoms with Gasteiger partial charge in [0.05, 0.1) is 18.3 Å². The number of carbonyl (C=O) groups is 1. The van der Waals surface area contributed by atoms with Crippen LogP contribution < -0.4 is 8.92 Å². The Morgan fingerprint density at radius 2 is 0.889 bits per heavy atom. The molecule has 340 valence electrons. The Kier molecular flexibility index (Phi) is 11.4. The van der Waals surface area contributed by atoms with Crippen LogP contribution in [0.5, 0.6) is 23.0 Å². The van der Waals surface area contributed by atoms with Crippen molar-refractivity contribution in [3.05, 3.63) is 115 Å². The van der Waals surface area contributed by atoms with Crippen molar-refractivity contribution in [2.24, 2.45) is 16.7 Å².